The van der Waals surface area contributed by atoms with Crippen LogP contribution in [0.3, 0.4) is 0 Å². The molecule has 0 saturated heterocycles. The Morgan fingerprint density at radius 3 is 2.69 bits per heavy atom. The van der Waals surface area contributed by atoms with Crippen LogP contribution in [0.25, 0.3) is 11.8 Å². The monoisotopic (exact) mass is 488 g/mol. The average molecular weight is 489 g/mol. The summed E-state index contributed by atoms with van der Waals surface area (Å²) in [7, 11) is 1.62. The van der Waals surface area contributed by atoms with Gasteiger partial charge in [-0.05, 0) is 47.9 Å². The molecule has 1 N–H and O–H groups in total. The van der Waals surface area contributed by atoms with Gasteiger partial charge in [0.05, 0.1) is 19.3 Å². The van der Waals surface area contributed by atoms with Crippen LogP contribution in [0.2, 0.25) is 0 Å². The Bertz CT molecular complexity index is 1310. The van der Waals surface area contributed by atoms with Crippen LogP contribution < -0.4 is 10.1 Å². The van der Waals surface area contributed by atoms with E-state index < -0.39 is 0 Å². The molecule has 0 atom stereocenters. The van der Waals surface area contributed by atoms with Crippen molar-refractivity contribution in [2.75, 3.05) is 12.9 Å². The van der Waals surface area contributed by atoms with Crippen LogP contribution in [-0.2, 0) is 17.8 Å². The lowest BCUT2D eigenvalue weighted by molar-refractivity contribution is -0.116. The Labute approximate surface area is 207 Å². The minimum absolute atomic E-state index is 0.176. The fourth-order valence-electron chi connectivity index (χ4n) is 3.43. The van der Waals surface area contributed by atoms with Gasteiger partial charge in [-0.2, -0.15) is 0 Å². The van der Waals surface area contributed by atoms with Gasteiger partial charge >= 0.3 is 0 Å². The quantitative estimate of drug-likeness (QED) is 0.249. The van der Waals surface area contributed by atoms with Crippen LogP contribution in [0.4, 0.5) is 4.39 Å². The van der Waals surface area contributed by atoms with E-state index in [1.165, 1.54) is 23.8 Å². The number of hydrogen-bond donors (Lipinski definition) is 1. The van der Waals surface area contributed by atoms with Gasteiger partial charge in [-0.25, -0.2) is 4.39 Å². The van der Waals surface area contributed by atoms with Crippen molar-refractivity contribution in [2.45, 2.75) is 18.1 Å². The van der Waals surface area contributed by atoms with Crippen LogP contribution in [0.1, 0.15) is 17.0 Å². The van der Waals surface area contributed by atoms with Gasteiger partial charge in [0.25, 0.3) is 0 Å². The number of carbonyl (C=O) groups is 1. The minimum Gasteiger partial charge on any atom is -0.497 e. The van der Waals surface area contributed by atoms with Crippen molar-refractivity contribution in [3.8, 4) is 11.4 Å². The molecule has 4 aromatic rings. The van der Waals surface area contributed by atoms with Crippen molar-refractivity contribution in [2.24, 2.45) is 0 Å². The SMILES string of the molecule is COc1cccc(-n2c(CNC(=O)/C=C/c3cccc(F)c3)nnc2SCCc2ccccc2)c1. The number of nitrogens with zero attached hydrogens (tertiary/aromatic N) is 3. The molecule has 0 saturated carbocycles. The van der Waals surface area contributed by atoms with E-state index in [4.69, 9.17) is 4.74 Å². The number of amides is 1. The summed E-state index contributed by atoms with van der Waals surface area (Å²) in [5, 5.41) is 12.3. The standard InChI is InChI=1S/C27H25FN4O2S/c1-34-24-12-6-11-23(18-24)32-25(19-29-26(33)14-13-21-9-5-10-22(28)17-21)30-31-27(32)35-16-15-20-7-3-2-4-8-20/h2-14,17-18H,15-16,19H2,1H3,(H,29,33)/b14-13+. The molecule has 6 nitrogen and oxygen atoms in total. The van der Waals surface area contributed by atoms with Crippen molar-refractivity contribution in [3.63, 3.8) is 0 Å². The average Bonchev–Trinajstić information content (AvgIpc) is 3.29. The van der Waals surface area contributed by atoms with Crippen LogP contribution in [0.15, 0.2) is 90.1 Å². The molecule has 8 heteroatoms. The first-order chi connectivity index (χ1) is 17.1. The van der Waals surface area contributed by atoms with Crippen LogP contribution in [-0.4, -0.2) is 33.5 Å². The van der Waals surface area contributed by atoms with E-state index in [2.05, 4.69) is 27.6 Å². The first kappa shape index (κ1) is 24.2. The normalized spacial score (nSPS) is 11.0. The van der Waals surface area contributed by atoms with Gasteiger partial charge in [-0.3, -0.25) is 9.36 Å². The Morgan fingerprint density at radius 1 is 1.06 bits per heavy atom. The molecule has 0 aliphatic rings. The lowest BCUT2D eigenvalue weighted by Gasteiger charge is -2.12. The number of thioether (sulfide) groups is 1. The molecular weight excluding hydrogens is 463 g/mol. The van der Waals surface area contributed by atoms with E-state index in [9.17, 15) is 9.18 Å². The van der Waals surface area contributed by atoms with Gasteiger partial charge in [0, 0.05) is 17.9 Å². The number of hydrogen-bond acceptors (Lipinski definition) is 5. The van der Waals surface area contributed by atoms with Gasteiger partial charge in [-0.15, -0.1) is 10.2 Å². The summed E-state index contributed by atoms with van der Waals surface area (Å²) in [4.78, 5) is 12.4. The van der Waals surface area contributed by atoms with E-state index in [-0.39, 0.29) is 18.3 Å². The topological polar surface area (TPSA) is 69.0 Å². The lowest BCUT2D eigenvalue weighted by atomic mass is 10.2. The summed E-state index contributed by atoms with van der Waals surface area (Å²) in [6.45, 7) is 0.176. The van der Waals surface area contributed by atoms with Crippen molar-refractivity contribution in [1.82, 2.24) is 20.1 Å². The number of aryl methyl sites for hydroxylation is 1. The number of carbonyl (C=O) groups excluding carboxylic acids is 1. The molecule has 35 heavy (non-hydrogen) atoms. The Morgan fingerprint density at radius 2 is 1.89 bits per heavy atom. The van der Waals surface area contributed by atoms with Crippen molar-refractivity contribution >= 4 is 23.7 Å². The molecule has 1 heterocycles. The molecule has 4 rings (SSSR count). The van der Waals surface area contributed by atoms with Crippen molar-refractivity contribution in [1.29, 1.82) is 0 Å². The molecule has 0 bridgehead atoms. The maximum Gasteiger partial charge on any atom is 0.244 e. The predicted molar refractivity (Wildman–Crippen MR) is 136 cm³/mol. The molecule has 0 fully saturated rings. The summed E-state index contributed by atoms with van der Waals surface area (Å²) < 4.78 is 20.7. The molecule has 1 aromatic heterocycles. The number of rotatable bonds is 10. The summed E-state index contributed by atoms with van der Waals surface area (Å²) in [5.41, 5.74) is 2.71. The highest BCUT2D eigenvalue weighted by Crippen LogP contribution is 2.25. The highest BCUT2D eigenvalue weighted by molar-refractivity contribution is 7.99. The largest absolute Gasteiger partial charge is 0.497 e. The summed E-state index contributed by atoms with van der Waals surface area (Å²) >= 11 is 1.60. The number of aromatic nitrogens is 3. The summed E-state index contributed by atoms with van der Waals surface area (Å²) in [6.07, 6.45) is 3.83. The van der Waals surface area contributed by atoms with Crippen LogP contribution in [0.5, 0.6) is 5.75 Å². The van der Waals surface area contributed by atoms with E-state index in [0.717, 1.165) is 23.0 Å². The number of benzene rings is 3. The first-order valence-electron chi connectivity index (χ1n) is 11.1. The van der Waals surface area contributed by atoms with Crippen molar-refractivity contribution < 1.29 is 13.9 Å². The highest BCUT2D eigenvalue weighted by atomic mass is 32.2. The molecule has 0 radical (unpaired) electrons. The number of ether oxygens (including phenoxy) is 1. The van der Waals surface area contributed by atoms with Crippen molar-refractivity contribution in [3.05, 3.63) is 108 Å². The third kappa shape index (κ3) is 6.80. The Kier molecular flexibility index (Phi) is 8.30. The van der Waals surface area contributed by atoms with E-state index >= 15 is 0 Å². The summed E-state index contributed by atoms with van der Waals surface area (Å²) in [5.74, 6) is 1.47. The maximum atomic E-state index is 13.3. The van der Waals surface area contributed by atoms with Crippen LogP contribution in [0, 0.1) is 5.82 Å². The Balaban J connectivity index is 1.49. The summed E-state index contributed by atoms with van der Waals surface area (Å²) in [6, 6.07) is 23.9. The zero-order valence-electron chi connectivity index (χ0n) is 19.2. The second-order valence-corrected chi connectivity index (χ2v) is 8.69. The predicted octanol–water partition coefficient (Wildman–Crippen LogP) is 5.08. The molecule has 0 aliphatic heterocycles. The molecule has 1 amide bonds. The molecule has 178 valence electrons. The fraction of sp³-hybridized carbons (Fsp3) is 0.148. The maximum absolute atomic E-state index is 13.3. The molecule has 0 unspecified atom stereocenters. The molecule has 3 aromatic carbocycles. The zero-order valence-corrected chi connectivity index (χ0v) is 20.0. The van der Waals surface area contributed by atoms with Gasteiger partial charge < -0.3 is 10.1 Å². The lowest BCUT2D eigenvalue weighted by Crippen LogP contribution is -2.22. The van der Waals surface area contributed by atoms with Gasteiger partial charge in [0.1, 0.15) is 11.6 Å². The Hall–Kier alpha value is -3.91. The second kappa shape index (κ2) is 12.0. The van der Waals surface area contributed by atoms with E-state index in [1.807, 2.05) is 47.0 Å². The first-order valence-corrected chi connectivity index (χ1v) is 12.1. The molecule has 0 aliphatic carbocycles. The highest BCUT2D eigenvalue weighted by Gasteiger charge is 2.15. The van der Waals surface area contributed by atoms with Gasteiger partial charge in [0.2, 0.25) is 5.91 Å². The second-order valence-electron chi connectivity index (χ2n) is 7.63. The van der Waals surface area contributed by atoms with Gasteiger partial charge in [-0.1, -0.05) is 60.3 Å². The van der Waals surface area contributed by atoms with Gasteiger partial charge in [0.15, 0.2) is 11.0 Å². The third-order valence-electron chi connectivity index (χ3n) is 5.17. The van der Waals surface area contributed by atoms with E-state index in [0.29, 0.717) is 17.1 Å². The fourth-order valence-corrected chi connectivity index (χ4v) is 4.39. The molecular formula is C27H25FN4O2S. The van der Waals surface area contributed by atoms with Crippen LogP contribution >= 0.6 is 11.8 Å². The molecule has 0 spiro atoms. The smallest absolute Gasteiger partial charge is 0.244 e. The number of methoxy groups -OCH3 is 1. The number of nitrogens with one attached hydrogen (secondary N) is 1. The van der Waals surface area contributed by atoms with E-state index in [1.54, 1.807) is 37.1 Å². The minimum atomic E-state index is -0.351. The zero-order chi connectivity index (χ0) is 24.5. The number of halogens is 1. The third-order valence-corrected chi connectivity index (χ3v) is 6.10.